The van der Waals surface area contributed by atoms with Crippen molar-refractivity contribution in [3.05, 3.63) is 89.5 Å². The summed E-state index contributed by atoms with van der Waals surface area (Å²) < 4.78 is 11.8. The van der Waals surface area contributed by atoms with Crippen LogP contribution in [0.5, 0.6) is 11.5 Å². The number of carbonyl (C=O) groups excluding carboxylic acids is 2. The lowest BCUT2D eigenvalue weighted by molar-refractivity contribution is -0.132. The molecule has 176 valence electrons. The Morgan fingerprint density at radius 1 is 1.03 bits per heavy atom. The number of nitrogens with zero attached hydrogens (tertiary/aromatic N) is 2. The van der Waals surface area contributed by atoms with Crippen molar-refractivity contribution in [2.75, 3.05) is 18.6 Å². The lowest BCUT2D eigenvalue weighted by Crippen LogP contribution is -2.29. The van der Waals surface area contributed by atoms with Gasteiger partial charge in [0.15, 0.2) is 5.13 Å². The number of amides is 1. The van der Waals surface area contributed by atoms with Crippen molar-refractivity contribution in [1.82, 2.24) is 4.98 Å². The minimum absolute atomic E-state index is 0.00344. The second-order valence-corrected chi connectivity index (χ2v) is 8.88. The zero-order valence-electron chi connectivity index (χ0n) is 19.1. The molecule has 7 nitrogen and oxygen atoms in total. The number of fused-ring (bicyclic) bond motifs is 1. The number of aliphatic hydroxyl groups is 1. The van der Waals surface area contributed by atoms with Gasteiger partial charge in [-0.3, -0.25) is 14.5 Å². The van der Waals surface area contributed by atoms with Gasteiger partial charge in [0, 0.05) is 5.56 Å². The van der Waals surface area contributed by atoms with Gasteiger partial charge in [-0.2, -0.15) is 0 Å². The zero-order chi connectivity index (χ0) is 24.5. The first-order valence-electron chi connectivity index (χ1n) is 11.1. The largest absolute Gasteiger partial charge is 0.507 e. The predicted molar refractivity (Wildman–Crippen MR) is 135 cm³/mol. The number of Topliss-reactive ketones (excluding diaryl/α,β-unsaturated/α-hetero) is 1. The molecule has 1 saturated heterocycles. The lowest BCUT2D eigenvalue weighted by atomic mass is 9.95. The first-order chi connectivity index (χ1) is 17.0. The number of thiazole rings is 1. The summed E-state index contributed by atoms with van der Waals surface area (Å²) in [5.41, 5.74) is 1.76. The van der Waals surface area contributed by atoms with Gasteiger partial charge in [-0.25, -0.2) is 4.98 Å². The summed E-state index contributed by atoms with van der Waals surface area (Å²) in [5.74, 6) is -0.490. The Balaban J connectivity index is 1.70. The van der Waals surface area contributed by atoms with E-state index in [2.05, 4.69) is 4.98 Å². The minimum Gasteiger partial charge on any atom is -0.507 e. The lowest BCUT2D eigenvalue weighted by Gasteiger charge is -2.23. The molecular formula is C27H22N2O5S. The molecule has 35 heavy (non-hydrogen) atoms. The Morgan fingerprint density at radius 3 is 2.57 bits per heavy atom. The summed E-state index contributed by atoms with van der Waals surface area (Å²) in [6.45, 7) is 2.43. The number of aromatic nitrogens is 1. The number of ketones is 1. The average molecular weight is 487 g/mol. The van der Waals surface area contributed by atoms with Gasteiger partial charge in [0.25, 0.3) is 5.78 Å². The molecule has 4 aromatic rings. The van der Waals surface area contributed by atoms with Crippen molar-refractivity contribution in [2.24, 2.45) is 0 Å². The number of hydrogen-bond acceptors (Lipinski definition) is 7. The van der Waals surface area contributed by atoms with E-state index in [4.69, 9.17) is 9.47 Å². The molecule has 0 saturated carbocycles. The Bertz CT molecular complexity index is 1460. The van der Waals surface area contributed by atoms with Crippen molar-refractivity contribution in [3.8, 4) is 11.5 Å². The zero-order valence-corrected chi connectivity index (χ0v) is 19.9. The van der Waals surface area contributed by atoms with E-state index >= 15 is 0 Å². The number of rotatable bonds is 6. The summed E-state index contributed by atoms with van der Waals surface area (Å²) in [7, 11) is 1.55. The molecule has 1 atom stereocenters. The fourth-order valence-corrected chi connectivity index (χ4v) is 5.18. The first-order valence-corrected chi connectivity index (χ1v) is 11.9. The maximum absolute atomic E-state index is 13.4. The number of anilines is 1. The molecule has 0 bridgehead atoms. The molecule has 1 N–H and O–H groups in total. The summed E-state index contributed by atoms with van der Waals surface area (Å²) in [6.07, 6.45) is 0. The molecular weight excluding hydrogens is 464 g/mol. The first kappa shape index (κ1) is 22.6. The Labute approximate surface area is 205 Å². The standard InChI is InChI=1S/C27H22N2O5S/c1-3-34-19-12-13-20-21(15-19)35-27(28-20)29-23(17-10-7-11-18(14-17)33-2)22(25(31)26(29)32)24(30)16-8-5-4-6-9-16/h4-15,23,30H,3H2,1-2H3/t23-/m0/s1. The van der Waals surface area contributed by atoms with Crippen LogP contribution in [0.3, 0.4) is 0 Å². The van der Waals surface area contributed by atoms with Gasteiger partial charge in [-0.05, 0) is 42.8 Å². The SMILES string of the molecule is CCOc1ccc2nc(N3C(=O)C(=O)C(=C(O)c4ccccc4)[C@@H]3c3cccc(OC)c3)sc2c1. The van der Waals surface area contributed by atoms with Crippen LogP contribution in [0.15, 0.2) is 78.4 Å². The molecule has 0 aliphatic carbocycles. The highest BCUT2D eigenvalue weighted by atomic mass is 32.1. The van der Waals surface area contributed by atoms with Crippen LogP contribution in [-0.2, 0) is 9.59 Å². The Hall–Kier alpha value is -4.17. The normalized spacial score (nSPS) is 17.2. The van der Waals surface area contributed by atoms with Crippen molar-refractivity contribution in [2.45, 2.75) is 13.0 Å². The van der Waals surface area contributed by atoms with Crippen molar-refractivity contribution < 1.29 is 24.2 Å². The summed E-state index contributed by atoms with van der Waals surface area (Å²) >= 11 is 1.28. The number of aliphatic hydroxyl groups excluding tert-OH is 1. The van der Waals surface area contributed by atoms with Crippen molar-refractivity contribution >= 4 is 44.1 Å². The summed E-state index contributed by atoms with van der Waals surface area (Å²) in [6, 6.07) is 20.4. The molecule has 2 heterocycles. The van der Waals surface area contributed by atoms with Gasteiger partial charge in [0.05, 0.1) is 35.5 Å². The molecule has 1 fully saturated rings. The highest BCUT2D eigenvalue weighted by molar-refractivity contribution is 7.22. The van der Waals surface area contributed by atoms with E-state index in [1.807, 2.05) is 31.2 Å². The molecule has 0 spiro atoms. The van der Waals surface area contributed by atoms with E-state index < -0.39 is 17.7 Å². The molecule has 1 aromatic heterocycles. The molecule has 8 heteroatoms. The second kappa shape index (κ2) is 9.23. The molecule has 3 aromatic carbocycles. The molecule has 5 rings (SSSR count). The van der Waals surface area contributed by atoms with Gasteiger partial charge in [-0.1, -0.05) is 53.8 Å². The number of carbonyl (C=O) groups is 2. The van der Waals surface area contributed by atoms with Crippen LogP contribution in [0.25, 0.3) is 16.0 Å². The van der Waals surface area contributed by atoms with Crippen LogP contribution in [-0.4, -0.2) is 35.5 Å². The highest BCUT2D eigenvalue weighted by Gasteiger charge is 2.48. The van der Waals surface area contributed by atoms with Crippen molar-refractivity contribution in [1.29, 1.82) is 0 Å². The molecule has 1 aliphatic rings. The molecule has 0 radical (unpaired) electrons. The summed E-state index contributed by atoms with van der Waals surface area (Å²) in [5, 5.41) is 11.5. The van der Waals surface area contributed by atoms with Crippen LogP contribution in [0.1, 0.15) is 24.1 Å². The van der Waals surface area contributed by atoms with Crippen LogP contribution in [0.4, 0.5) is 5.13 Å². The maximum atomic E-state index is 13.4. The van der Waals surface area contributed by atoms with E-state index in [1.54, 1.807) is 55.6 Å². The number of hydrogen-bond donors (Lipinski definition) is 1. The van der Waals surface area contributed by atoms with E-state index in [0.29, 0.717) is 39.9 Å². The van der Waals surface area contributed by atoms with Gasteiger partial charge in [0.2, 0.25) is 0 Å². The Kier molecular flexibility index (Phi) is 5.96. The average Bonchev–Trinajstić information content (AvgIpc) is 3.42. The van der Waals surface area contributed by atoms with Gasteiger partial charge < -0.3 is 14.6 Å². The Morgan fingerprint density at radius 2 is 1.83 bits per heavy atom. The predicted octanol–water partition coefficient (Wildman–Crippen LogP) is 5.33. The van der Waals surface area contributed by atoms with Crippen LogP contribution >= 0.6 is 11.3 Å². The maximum Gasteiger partial charge on any atom is 0.301 e. The van der Waals surface area contributed by atoms with Gasteiger partial charge in [0.1, 0.15) is 17.3 Å². The third-order valence-electron chi connectivity index (χ3n) is 5.77. The van der Waals surface area contributed by atoms with Gasteiger partial charge in [-0.15, -0.1) is 0 Å². The van der Waals surface area contributed by atoms with Crippen LogP contribution in [0, 0.1) is 0 Å². The molecule has 1 aliphatic heterocycles. The van der Waals surface area contributed by atoms with E-state index in [1.165, 1.54) is 16.2 Å². The fourth-order valence-electron chi connectivity index (χ4n) is 4.16. The van der Waals surface area contributed by atoms with E-state index in [9.17, 15) is 14.7 Å². The van der Waals surface area contributed by atoms with E-state index in [0.717, 1.165) is 4.70 Å². The quantitative estimate of drug-likeness (QED) is 0.225. The van der Waals surface area contributed by atoms with E-state index in [-0.39, 0.29) is 11.3 Å². The van der Waals surface area contributed by atoms with Gasteiger partial charge >= 0.3 is 5.91 Å². The number of ether oxygens (including phenoxy) is 2. The smallest absolute Gasteiger partial charge is 0.301 e. The summed E-state index contributed by atoms with van der Waals surface area (Å²) in [4.78, 5) is 32.7. The minimum atomic E-state index is -0.878. The van der Waals surface area contributed by atoms with Crippen LogP contribution in [0.2, 0.25) is 0 Å². The topological polar surface area (TPSA) is 89.0 Å². The highest BCUT2D eigenvalue weighted by Crippen LogP contribution is 2.45. The monoisotopic (exact) mass is 486 g/mol. The second-order valence-electron chi connectivity index (χ2n) is 7.87. The van der Waals surface area contributed by atoms with Crippen LogP contribution < -0.4 is 14.4 Å². The third-order valence-corrected chi connectivity index (χ3v) is 6.78. The van der Waals surface area contributed by atoms with Crippen molar-refractivity contribution in [3.63, 3.8) is 0 Å². The fraction of sp³-hybridized carbons (Fsp3) is 0.148. The number of methoxy groups -OCH3 is 1. The third kappa shape index (κ3) is 4.02. The number of benzene rings is 3. The molecule has 0 unspecified atom stereocenters. The molecule has 1 amide bonds.